The zero-order chi connectivity index (χ0) is 12.8. The number of benzene rings is 1. The van der Waals surface area contributed by atoms with E-state index in [-0.39, 0.29) is 6.61 Å². The van der Waals surface area contributed by atoms with Crippen molar-refractivity contribution in [2.45, 2.75) is 19.1 Å². The summed E-state index contributed by atoms with van der Waals surface area (Å²) in [6, 6.07) is 8.04. The molecule has 0 spiro atoms. The number of hydrogen-bond donors (Lipinski definition) is 1. The van der Waals surface area contributed by atoms with Gasteiger partial charge in [-0.15, -0.1) is 0 Å². The van der Waals surface area contributed by atoms with Gasteiger partial charge >= 0.3 is 0 Å². The second-order valence-electron chi connectivity index (χ2n) is 4.01. The van der Waals surface area contributed by atoms with E-state index in [9.17, 15) is 0 Å². The summed E-state index contributed by atoms with van der Waals surface area (Å²) >= 11 is 1.69. The zero-order valence-electron chi connectivity index (χ0n) is 10.3. The second kappa shape index (κ2) is 6.56. The summed E-state index contributed by atoms with van der Waals surface area (Å²) in [5.41, 5.74) is 2.18. The van der Waals surface area contributed by atoms with Crippen LogP contribution in [-0.4, -0.2) is 27.6 Å². The highest BCUT2D eigenvalue weighted by atomic mass is 32.2. The molecule has 0 bridgehead atoms. The number of aryl methyl sites for hydroxylation is 1. The third kappa shape index (κ3) is 3.58. The van der Waals surface area contributed by atoms with Crippen molar-refractivity contribution in [3.8, 4) is 11.4 Å². The normalized spacial score (nSPS) is 10.8. The van der Waals surface area contributed by atoms with Crippen LogP contribution < -0.4 is 0 Å². The van der Waals surface area contributed by atoms with Gasteiger partial charge < -0.3 is 9.63 Å². The molecule has 2 aromatic rings. The summed E-state index contributed by atoms with van der Waals surface area (Å²) in [5, 5.41) is 12.6. The first kappa shape index (κ1) is 13.1. The molecule has 0 amide bonds. The Hall–Kier alpha value is -1.33. The Balaban J connectivity index is 1.95. The minimum absolute atomic E-state index is 0.228. The molecule has 0 saturated heterocycles. The first-order valence-corrected chi connectivity index (χ1v) is 7.03. The molecule has 0 aliphatic heterocycles. The van der Waals surface area contributed by atoms with Crippen molar-refractivity contribution in [1.82, 2.24) is 10.1 Å². The van der Waals surface area contributed by atoms with Crippen molar-refractivity contribution in [2.75, 3.05) is 12.4 Å². The maximum atomic E-state index is 8.67. The lowest BCUT2D eigenvalue weighted by molar-refractivity contribution is 0.296. The Morgan fingerprint density at radius 1 is 1.28 bits per heavy atom. The van der Waals surface area contributed by atoms with Gasteiger partial charge in [-0.1, -0.05) is 35.0 Å². The SMILES string of the molecule is Cc1ccc(-c2noc(CSCCCO)n2)cc1. The van der Waals surface area contributed by atoms with Crippen LogP contribution in [-0.2, 0) is 5.75 Å². The molecule has 1 heterocycles. The van der Waals surface area contributed by atoms with E-state index in [0.29, 0.717) is 17.5 Å². The number of thioether (sulfide) groups is 1. The summed E-state index contributed by atoms with van der Waals surface area (Å²) in [6.45, 7) is 2.27. The number of aromatic nitrogens is 2. The highest BCUT2D eigenvalue weighted by Gasteiger charge is 2.08. The molecular weight excluding hydrogens is 248 g/mol. The smallest absolute Gasteiger partial charge is 0.236 e. The maximum absolute atomic E-state index is 8.67. The van der Waals surface area contributed by atoms with E-state index >= 15 is 0 Å². The Kier molecular flexibility index (Phi) is 4.78. The van der Waals surface area contributed by atoms with Crippen LogP contribution in [0.5, 0.6) is 0 Å². The molecule has 18 heavy (non-hydrogen) atoms. The van der Waals surface area contributed by atoms with Crippen LogP contribution in [0.4, 0.5) is 0 Å². The molecule has 96 valence electrons. The average Bonchev–Trinajstić information content (AvgIpc) is 2.84. The summed E-state index contributed by atoms with van der Waals surface area (Å²) < 4.78 is 5.19. The number of aliphatic hydroxyl groups excluding tert-OH is 1. The molecule has 1 aromatic heterocycles. The van der Waals surface area contributed by atoms with Crippen LogP contribution in [0.3, 0.4) is 0 Å². The fourth-order valence-corrected chi connectivity index (χ4v) is 2.23. The number of aliphatic hydroxyl groups is 1. The molecule has 0 atom stereocenters. The molecule has 2 rings (SSSR count). The van der Waals surface area contributed by atoms with Gasteiger partial charge in [0, 0.05) is 12.2 Å². The van der Waals surface area contributed by atoms with Crippen LogP contribution in [0, 0.1) is 6.92 Å². The van der Waals surface area contributed by atoms with Crippen LogP contribution in [0.1, 0.15) is 17.9 Å². The van der Waals surface area contributed by atoms with Crippen molar-refractivity contribution >= 4 is 11.8 Å². The van der Waals surface area contributed by atoms with Crippen LogP contribution in [0.25, 0.3) is 11.4 Å². The number of nitrogens with zero attached hydrogens (tertiary/aromatic N) is 2. The van der Waals surface area contributed by atoms with E-state index < -0.39 is 0 Å². The fourth-order valence-electron chi connectivity index (χ4n) is 1.46. The number of rotatable bonds is 6. The minimum Gasteiger partial charge on any atom is -0.396 e. The Bertz CT molecular complexity index is 482. The Morgan fingerprint density at radius 3 is 2.78 bits per heavy atom. The van der Waals surface area contributed by atoms with Crippen molar-refractivity contribution in [1.29, 1.82) is 0 Å². The van der Waals surface area contributed by atoms with Gasteiger partial charge in [-0.25, -0.2) is 0 Å². The molecule has 1 N–H and O–H groups in total. The molecule has 0 fully saturated rings. The monoisotopic (exact) mass is 264 g/mol. The Labute approximate surface area is 110 Å². The molecule has 0 radical (unpaired) electrons. The molecule has 4 nitrogen and oxygen atoms in total. The number of hydrogen-bond acceptors (Lipinski definition) is 5. The first-order valence-electron chi connectivity index (χ1n) is 5.88. The minimum atomic E-state index is 0.228. The standard InChI is InChI=1S/C13H16N2O2S/c1-10-3-5-11(6-4-10)13-14-12(17-15-13)9-18-8-2-7-16/h3-6,16H,2,7-9H2,1H3. The average molecular weight is 264 g/mol. The Morgan fingerprint density at radius 2 is 2.06 bits per heavy atom. The van der Waals surface area contributed by atoms with Crippen LogP contribution in [0.15, 0.2) is 28.8 Å². The van der Waals surface area contributed by atoms with Gasteiger partial charge in [0.25, 0.3) is 0 Å². The molecule has 1 aromatic carbocycles. The predicted octanol–water partition coefficient (Wildman–Crippen LogP) is 2.66. The van der Waals surface area contributed by atoms with Crippen molar-refractivity contribution < 1.29 is 9.63 Å². The van der Waals surface area contributed by atoms with E-state index in [0.717, 1.165) is 17.7 Å². The maximum Gasteiger partial charge on any atom is 0.236 e. The predicted molar refractivity (Wildman–Crippen MR) is 72.3 cm³/mol. The lowest BCUT2D eigenvalue weighted by Crippen LogP contribution is -1.88. The van der Waals surface area contributed by atoms with Gasteiger partial charge in [-0.05, 0) is 19.1 Å². The molecule has 5 heteroatoms. The van der Waals surface area contributed by atoms with E-state index in [1.165, 1.54) is 5.56 Å². The highest BCUT2D eigenvalue weighted by molar-refractivity contribution is 7.98. The van der Waals surface area contributed by atoms with Gasteiger partial charge in [-0.2, -0.15) is 16.7 Å². The molecule has 0 aliphatic carbocycles. The lowest BCUT2D eigenvalue weighted by atomic mass is 10.1. The third-order valence-corrected chi connectivity index (χ3v) is 3.48. The van der Waals surface area contributed by atoms with Crippen molar-refractivity contribution in [3.63, 3.8) is 0 Å². The zero-order valence-corrected chi connectivity index (χ0v) is 11.1. The van der Waals surface area contributed by atoms with Gasteiger partial charge in [0.1, 0.15) is 0 Å². The summed E-state index contributed by atoms with van der Waals surface area (Å²) in [7, 11) is 0. The third-order valence-electron chi connectivity index (χ3n) is 2.45. The van der Waals surface area contributed by atoms with E-state index in [1.54, 1.807) is 11.8 Å². The van der Waals surface area contributed by atoms with E-state index in [4.69, 9.17) is 9.63 Å². The molecular formula is C13H16N2O2S. The van der Waals surface area contributed by atoms with Crippen molar-refractivity contribution in [3.05, 3.63) is 35.7 Å². The van der Waals surface area contributed by atoms with Crippen molar-refractivity contribution in [2.24, 2.45) is 0 Å². The van der Waals surface area contributed by atoms with E-state index in [2.05, 4.69) is 10.1 Å². The summed E-state index contributed by atoms with van der Waals surface area (Å²) in [5.74, 6) is 2.86. The van der Waals surface area contributed by atoms with Crippen LogP contribution >= 0.6 is 11.8 Å². The van der Waals surface area contributed by atoms with Gasteiger partial charge in [0.15, 0.2) is 0 Å². The summed E-state index contributed by atoms with van der Waals surface area (Å²) in [6.07, 6.45) is 0.795. The molecule has 0 aliphatic rings. The van der Waals surface area contributed by atoms with Gasteiger partial charge in [-0.3, -0.25) is 0 Å². The topological polar surface area (TPSA) is 59.2 Å². The van der Waals surface area contributed by atoms with Gasteiger partial charge in [0.05, 0.1) is 5.75 Å². The van der Waals surface area contributed by atoms with E-state index in [1.807, 2.05) is 31.2 Å². The quantitative estimate of drug-likeness (QED) is 0.813. The van der Waals surface area contributed by atoms with Gasteiger partial charge in [0.2, 0.25) is 11.7 Å². The molecule has 0 saturated carbocycles. The van der Waals surface area contributed by atoms with Crippen LogP contribution in [0.2, 0.25) is 0 Å². The summed E-state index contributed by atoms with van der Waals surface area (Å²) in [4.78, 5) is 4.35. The highest BCUT2D eigenvalue weighted by Crippen LogP contribution is 2.18. The second-order valence-corrected chi connectivity index (χ2v) is 5.11. The fraction of sp³-hybridized carbons (Fsp3) is 0.385. The largest absolute Gasteiger partial charge is 0.396 e. The first-order chi connectivity index (χ1) is 8.79. The molecule has 0 unspecified atom stereocenters. The lowest BCUT2D eigenvalue weighted by Gasteiger charge is -1.95.